The molecule has 11 rings (SSSR count). The van der Waals surface area contributed by atoms with E-state index in [1.807, 2.05) is 18.2 Å². The van der Waals surface area contributed by atoms with E-state index in [4.69, 9.17) is 19.4 Å². The van der Waals surface area contributed by atoms with Crippen molar-refractivity contribution >= 4 is 54.3 Å². The highest BCUT2D eigenvalue weighted by Crippen LogP contribution is 2.42. The van der Waals surface area contributed by atoms with Crippen molar-refractivity contribution in [2.24, 2.45) is 0 Å². The SMILES string of the molecule is c1ccc(-c2ccc3cc(-c4nc(-c5ccc6ccccc6c5)nc(-c5ccc6oc7c(-c8ccccc8)c8ccccc8cc7c6c5)n4)ccc3c2)cc1. The first-order valence-corrected chi connectivity index (χ1v) is 18.5. The number of aromatic nitrogens is 3. The van der Waals surface area contributed by atoms with Crippen molar-refractivity contribution in [2.75, 3.05) is 0 Å². The lowest BCUT2D eigenvalue weighted by atomic mass is 9.95. The monoisotopic (exact) mass is 701 g/mol. The Morgan fingerprint density at radius 1 is 0.291 bits per heavy atom. The van der Waals surface area contributed by atoms with Crippen molar-refractivity contribution in [3.05, 3.63) is 188 Å². The molecule has 0 atom stereocenters. The zero-order valence-corrected chi connectivity index (χ0v) is 29.6. The highest BCUT2D eigenvalue weighted by Gasteiger charge is 2.19. The number of nitrogens with zero attached hydrogens (tertiary/aromatic N) is 3. The summed E-state index contributed by atoms with van der Waals surface area (Å²) in [5, 5.41) is 8.99. The number of benzene rings is 9. The number of furan rings is 1. The van der Waals surface area contributed by atoms with Gasteiger partial charge in [-0.25, -0.2) is 15.0 Å². The summed E-state index contributed by atoms with van der Waals surface area (Å²) in [6.45, 7) is 0. The van der Waals surface area contributed by atoms with Crippen LogP contribution in [0.5, 0.6) is 0 Å². The molecule has 0 aliphatic rings. The van der Waals surface area contributed by atoms with Gasteiger partial charge in [0.25, 0.3) is 0 Å². The quantitative estimate of drug-likeness (QED) is 0.179. The first-order chi connectivity index (χ1) is 27.2. The van der Waals surface area contributed by atoms with Gasteiger partial charge in [0, 0.05) is 33.0 Å². The second kappa shape index (κ2) is 12.6. The average molecular weight is 702 g/mol. The second-order valence-corrected chi connectivity index (χ2v) is 14.0. The van der Waals surface area contributed by atoms with E-state index in [9.17, 15) is 0 Å². The fourth-order valence-electron chi connectivity index (χ4n) is 7.89. The van der Waals surface area contributed by atoms with Crippen molar-refractivity contribution in [1.82, 2.24) is 15.0 Å². The van der Waals surface area contributed by atoms with E-state index < -0.39 is 0 Å². The van der Waals surface area contributed by atoms with Crippen LogP contribution in [0, 0.1) is 0 Å². The maximum atomic E-state index is 6.69. The molecule has 0 aliphatic heterocycles. The fourth-order valence-corrected chi connectivity index (χ4v) is 7.89. The van der Waals surface area contributed by atoms with Gasteiger partial charge in [0.1, 0.15) is 11.2 Å². The molecule has 0 amide bonds. The third kappa shape index (κ3) is 5.43. The summed E-state index contributed by atoms with van der Waals surface area (Å²) in [6, 6.07) is 65.8. The normalized spacial score (nSPS) is 11.6. The minimum Gasteiger partial charge on any atom is -0.455 e. The average Bonchev–Trinajstić information content (AvgIpc) is 3.62. The standard InChI is InChI=1S/C51H31N3O/c1-3-11-32(12-4-1)36-20-21-38-29-41(24-22-37(38)27-36)50-52-49(40-23-19-33-13-7-8-16-35(33)28-40)53-51(54-50)42-25-26-46-44(31-42)45-30-39-17-9-10-18-43(39)47(48(45)55-46)34-14-5-2-6-15-34/h1-31H. The highest BCUT2D eigenvalue weighted by molar-refractivity contribution is 6.18. The molecule has 0 spiro atoms. The molecule has 2 aromatic heterocycles. The van der Waals surface area contributed by atoms with Crippen LogP contribution in [0.1, 0.15) is 0 Å². The van der Waals surface area contributed by atoms with Gasteiger partial charge in [-0.3, -0.25) is 0 Å². The predicted octanol–water partition coefficient (Wildman–Crippen LogP) is 13.6. The Bertz CT molecular complexity index is 3260. The van der Waals surface area contributed by atoms with Gasteiger partial charge in [0.05, 0.1) is 0 Å². The summed E-state index contributed by atoms with van der Waals surface area (Å²) in [7, 11) is 0. The first kappa shape index (κ1) is 31.1. The third-order valence-electron chi connectivity index (χ3n) is 10.7. The largest absolute Gasteiger partial charge is 0.455 e. The molecule has 4 heteroatoms. The lowest BCUT2D eigenvalue weighted by Crippen LogP contribution is -2.00. The van der Waals surface area contributed by atoms with Crippen LogP contribution in [-0.2, 0) is 0 Å². The van der Waals surface area contributed by atoms with Gasteiger partial charge in [-0.1, -0.05) is 146 Å². The summed E-state index contributed by atoms with van der Waals surface area (Å²) < 4.78 is 6.69. The highest BCUT2D eigenvalue weighted by atomic mass is 16.3. The molecule has 2 heterocycles. The van der Waals surface area contributed by atoms with Crippen molar-refractivity contribution in [3.8, 4) is 56.4 Å². The number of hydrogen-bond donors (Lipinski definition) is 0. The Labute approximate surface area is 317 Å². The summed E-state index contributed by atoms with van der Waals surface area (Å²) in [5.41, 5.74) is 9.05. The molecule has 0 radical (unpaired) electrons. The molecule has 256 valence electrons. The van der Waals surface area contributed by atoms with E-state index in [-0.39, 0.29) is 0 Å². The molecule has 0 saturated heterocycles. The Balaban J connectivity index is 1.09. The molecule has 0 unspecified atom stereocenters. The van der Waals surface area contributed by atoms with Crippen LogP contribution < -0.4 is 0 Å². The van der Waals surface area contributed by atoms with Gasteiger partial charge in [-0.05, 0) is 91.5 Å². The lowest BCUT2D eigenvalue weighted by Gasteiger charge is -2.10. The van der Waals surface area contributed by atoms with E-state index in [0.29, 0.717) is 17.5 Å². The first-order valence-electron chi connectivity index (χ1n) is 18.5. The summed E-state index contributed by atoms with van der Waals surface area (Å²) in [5.74, 6) is 1.85. The van der Waals surface area contributed by atoms with Crippen LogP contribution in [-0.4, -0.2) is 15.0 Å². The Hall–Kier alpha value is -7.43. The topological polar surface area (TPSA) is 51.8 Å². The van der Waals surface area contributed by atoms with Gasteiger partial charge in [-0.2, -0.15) is 0 Å². The van der Waals surface area contributed by atoms with Crippen molar-refractivity contribution in [2.45, 2.75) is 0 Å². The maximum absolute atomic E-state index is 6.69. The third-order valence-corrected chi connectivity index (χ3v) is 10.7. The van der Waals surface area contributed by atoms with Crippen LogP contribution in [0.2, 0.25) is 0 Å². The van der Waals surface area contributed by atoms with Crippen LogP contribution in [0.15, 0.2) is 192 Å². The molecule has 0 N–H and O–H groups in total. The van der Waals surface area contributed by atoms with E-state index >= 15 is 0 Å². The number of rotatable bonds is 5. The van der Waals surface area contributed by atoms with E-state index in [1.165, 1.54) is 16.5 Å². The Kier molecular flexibility index (Phi) is 7.14. The minimum absolute atomic E-state index is 0.605. The molecular weight excluding hydrogens is 671 g/mol. The maximum Gasteiger partial charge on any atom is 0.164 e. The smallest absolute Gasteiger partial charge is 0.164 e. The Morgan fingerprint density at radius 3 is 1.47 bits per heavy atom. The molecular formula is C51H31N3O. The molecule has 0 bridgehead atoms. The van der Waals surface area contributed by atoms with E-state index in [2.05, 4.69) is 170 Å². The molecule has 0 aliphatic carbocycles. The summed E-state index contributed by atoms with van der Waals surface area (Å²) in [4.78, 5) is 15.4. The Morgan fingerprint density at radius 2 is 0.782 bits per heavy atom. The van der Waals surface area contributed by atoms with Crippen molar-refractivity contribution < 1.29 is 4.42 Å². The number of fused-ring (bicyclic) bond motifs is 6. The number of hydrogen-bond acceptors (Lipinski definition) is 4. The zero-order chi connectivity index (χ0) is 36.3. The van der Waals surface area contributed by atoms with Crippen LogP contribution in [0.3, 0.4) is 0 Å². The molecule has 4 nitrogen and oxygen atoms in total. The van der Waals surface area contributed by atoms with Crippen molar-refractivity contribution in [3.63, 3.8) is 0 Å². The molecule has 11 aromatic rings. The van der Waals surface area contributed by atoms with Gasteiger partial charge >= 0.3 is 0 Å². The summed E-state index contributed by atoms with van der Waals surface area (Å²) in [6.07, 6.45) is 0. The molecule has 9 aromatic carbocycles. The van der Waals surface area contributed by atoms with Crippen LogP contribution >= 0.6 is 0 Å². The summed E-state index contributed by atoms with van der Waals surface area (Å²) >= 11 is 0. The van der Waals surface area contributed by atoms with Crippen molar-refractivity contribution in [1.29, 1.82) is 0 Å². The lowest BCUT2D eigenvalue weighted by molar-refractivity contribution is 0.670. The molecule has 0 fully saturated rings. The molecule has 55 heavy (non-hydrogen) atoms. The van der Waals surface area contributed by atoms with E-state index in [0.717, 1.165) is 76.7 Å². The predicted molar refractivity (Wildman–Crippen MR) is 227 cm³/mol. The van der Waals surface area contributed by atoms with Gasteiger partial charge in [0.15, 0.2) is 17.5 Å². The second-order valence-electron chi connectivity index (χ2n) is 14.0. The zero-order valence-electron chi connectivity index (χ0n) is 29.6. The van der Waals surface area contributed by atoms with Gasteiger partial charge < -0.3 is 4.42 Å². The minimum atomic E-state index is 0.605. The van der Waals surface area contributed by atoms with Crippen LogP contribution in [0.4, 0.5) is 0 Å². The fraction of sp³-hybridized carbons (Fsp3) is 0. The van der Waals surface area contributed by atoms with Gasteiger partial charge in [0.2, 0.25) is 0 Å². The van der Waals surface area contributed by atoms with Crippen LogP contribution in [0.25, 0.3) is 111 Å². The van der Waals surface area contributed by atoms with Gasteiger partial charge in [-0.15, -0.1) is 0 Å². The molecule has 0 saturated carbocycles. The van der Waals surface area contributed by atoms with E-state index in [1.54, 1.807) is 0 Å².